The Morgan fingerprint density at radius 1 is 1.27 bits per heavy atom. The van der Waals surface area contributed by atoms with E-state index in [9.17, 15) is 9.59 Å². The summed E-state index contributed by atoms with van der Waals surface area (Å²) in [6.07, 6.45) is 6.12. The van der Waals surface area contributed by atoms with Gasteiger partial charge >= 0.3 is 5.69 Å². The highest BCUT2D eigenvalue weighted by Gasteiger charge is 1.99. The van der Waals surface area contributed by atoms with E-state index in [-0.39, 0.29) is 11.2 Å². The first-order valence-corrected chi connectivity index (χ1v) is 5.45. The summed E-state index contributed by atoms with van der Waals surface area (Å²) in [7, 11) is 0. The average Bonchev–Trinajstić information content (AvgIpc) is 2.20. The van der Waals surface area contributed by atoms with E-state index in [1.165, 1.54) is 12.8 Å². The van der Waals surface area contributed by atoms with E-state index < -0.39 is 0 Å². The number of aromatic nitrogens is 2. The van der Waals surface area contributed by atoms with Crippen LogP contribution in [0.4, 0.5) is 0 Å². The Morgan fingerprint density at radius 3 is 2.67 bits per heavy atom. The molecule has 0 saturated heterocycles. The Kier molecular flexibility index (Phi) is 4.34. The third-order valence-corrected chi connectivity index (χ3v) is 2.44. The first-order valence-electron chi connectivity index (χ1n) is 5.45. The number of nitrogens with one attached hydrogen (secondary N) is 1. The van der Waals surface area contributed by atoms with Gasteiger partial charge in [-0.05, 0) is 13.3 Å². The maximum Gasteiger partial charge on any atom is 0.328 e. The van der Waals surface area contributed by atoms with Crippen LogP contribution in [-0.2, 0) is 6.54 Å². The minimum atomic E-state index is -0.304. The zero-order valence-electron chi connectivity index (χ0n) is 9.38. The van der Waals surface area contributed by atoms with Gasteiger partial charge in [0.2, 0.25) is 0 Å². The lowest BCUT2D eigenvalue weighted by Crippen LogP contribution is -2.30. The summed E-state index contributed by atoms with van der Waals surface area (Å²) in [5, 5.41) is 0. The summed E-state index contributed by atoms with van der Waals surface area (Å²) < 4.78 is 1.58. The van der Waals surface area contributed by atoms with Crippen molar-refractivity contribution < 1.29 is 0 Å². The van der Waals surface area contributed by atoms with Gasteiger partial charge < -0.3 is 4.57 Å². The van der Waals surface area contributed by atoms with E-state index in [0.717, 1.165) is 12.8 Å². The van der Waals surface area contributed by atoms with Gasteiger partial charge in [0.1, 0.15) is 0 Å². The lowest BCUT2D eigenvalue weighted by Gasteiger charge is -2.04. The van der Waals surface area contributed by atoms with E-state index in [4.69, 9.17) is 0 Å². The predicted molar refractivity (Wildman–Crippen MR) is 60.2 cm³/mol. The van der Waals surface area contributed by atoms with Crippen molar-refractivity contribution >= 4 is 0 Å². The van der Waals surface area contributed by atoms with Crippen LogP contribution in [0.1, 0.15) is 38.2 Å². The fourth-order valence-corrected chi connectivity index (χ4v) is 1.49. The van der Waals surface area contributed by atoms with Gasteiger partial charge in [-0.15, -0.1) is 0 Å². The van der Waals surface area contributed by atoms with Crippen LogP contribution in [0.2, 0.25) is 0 Å². The number of hydrogen-bond acceptors (Lipinski definition) is 2. The number of nitrogens with zero attached hydrogens (tertiary/aromatic N) is 1. The molecule has 0 aliphatic carbocycles. The molecule has 0 atom stereocenters. The Morgan fingerprint density at radius 2 is 2.00 bits per heavy atom. The molecule has 0 bridgehead atoms. The molecule has 0 unspecified atom stereocenters. The second-order valence-corrected chi connectivity index (χ2v) is 3.83. The molecule has 0 aliphatic heterocycles. The minimum absolute atomic E-state index is 0.287. The summed E-state index contributed by atoms with van der Waals surface area (Å²) in [6.45, 7) is 4.55. The average molecular weight is 210 g/mol. The monoisotopic (exact) mass is 210 g/mol. The normalized spacial score (nSPS) is 10.5. The largest absolute Gasteiger partial charge is 0.328 e. The zero-order chi connectivity index (χ0) is 11.3. The molecule has 1 N–H and O–H groups in total. The van der Waals surface area contributed by atoms with Crippen LogP contribution in [0.15, 0.2) is 15.8 Å². The molecule has 15 heavy (non-hydrogen) atoms. The van der Waals surface area contributed by atoms with E-state index >= 15 is 0 Å². The molecule has 0 fully saturated rings. The van der Waals surface area contributed by atoms with E-state index in [1.807, 2.05) is 0 Å². The van der Waals surface area contributed by atoms with Gasteiger partial charge in [0.05, 0.1) is 0 Å². The summed E-state index contributed by atoms with van der Waals surface area (Å²) in [4.78, 5) is 24.8. The summed E-state index contributed by atoms with van der Waals surface area (Å²) >= 11 is 0. The molecule has 1 aromatic rings. The lowest BCUT2D eigenvalue weighted by atomic mass is 10.2. The summed E-state index contributed by atoms with van der Waals surface area (Å²) in [5.74, 6) is 0. The maximum atomic E-state index is 11.4. The molecule has 1 heterocycles. The topological polar surface area (TPSA) is 54.9 Å². The van der Waals surface area contributed by atoms with Crippen LogP contribution >= 0.6 is 0 Å². The molecule has 84 valence electrons. The zero-order valence-corrected chi connectivity index (χ0v) is 9.38. The second kappa shape index (κ2) is 5.53. The molecule has 4 heteroatoms. The third-order valence-electron chi connectivity index (χ3n) is 2.44. The SMILES string of the molecule is CCCCCCn1cc(C)c(=O)[nH]c1=O. The van der Waals surface area contributed by atoms with Crippen LogP contribution in [-0.4, -0.2) is 9.55 Å². The first-order chi connectivity index (χ1) is 7.15. The summed E-state index contributed by atoms with van der Waals surface area (Å²) in [5.41, 5.74) is -0.00278. The van der Waals surface area contributed by atoms with Crippen molar-refractivity contribution in [2.24, 2.45) is 0 Å². The predicted octanol–water partition coefficient (Wildman–Crippen LogP) is 1.43. The van der Waals surface area contributed by atoms with Gasteiger partial charge in [0, 0.05) is 18.3 Å². The van der Waals surface area contributed by atoms with Crippen LogP contribution < -0.4 is 11.2 Å². The molecular formula is C11H18N2O2. The van der Waals surface area contributed by atoms with Gasteiger partial charge in [-0.2, -0.15) is 0 Å². The Labute approximate surface area is 89.0 Å². The van der Waals surface area contributed by atoms with Gasteiger partial charge in [0.25, 0.3) is 5.56 Å². The molecule has 0 aliphatic rings. The van der Waals surface area contributed by atoms with Crippen molar-refractivity contribution in [2.75, 3.05) is 0 Å². The van der Waals surface area contributed by atoms with Gasteiger partial charge in [-0.1, -0.05) is 26.2 Å². The van der Waals surface area contributed by atoms with Crippen molar-refractivity contribution in [2.45, 2.75) is 46.1 Å². The molecule has 0 amide bonds. The Hall–Kier alpha value is -1.32. The van der Waals surface area contributed by atoms with Crippen molar-refractivity contribution in [1.29, 1.82) is 0 Å². The molecule has 4 nitrogen and oxygen atoms in total. The Bertz CT molecular complexity index is 417. The van der Waals surface area contributed by atoms with Gasteiger partial charge in [-0.3, -0.25) is 9.78 Å². The molecular weight excluding hydrogens is 192 g/mol. The molecule has 0 spiro atoms. The number of rotatable bonds is 5. The highest BCUT2D eigenvalue weighted by molar-refractivity contribution is 5.00. The molecule has 0 radical (unpaired) electrons. The van der Waals surface area contributed by atoms with Crippen molar-refractivity contribution in [3.63, 3.8) is 0 Å². The maximum absolute atomic E-state index is 11.4. The van der Waals surface area contributed by atoms with E-state index in [0.29, 0.717) is 12.1 Å². The van der Waals surface area contributed by atoms with Gasteiger partial charge in [-0.25, -0.2) is 4.79 Å². The van der Waals surface area contributed by atoms with Crippen molar-refractivity contribution in [3.05, 3.63) is 32.6 Å². The van der Waals surface area contributed by atoms with Crippen LogP contribution in [0.3, 0.4) is 0 Å². The van der Waals surface area contributed by atoms with Crippen LogP contribution in [0.25, 0.3) is 0 Å². The van der Waals surface area contributed by atoms with E-state index in [2.05, 4.69) is 11.9 Å². The van der Waals surface area contributed by atoms with Crippen LogP contribution in [0, 0.1) is 6.92 Å². The highest BCUT2D eigenvalue weighted by atomic mass is 16.2. The standard InChI is InChI=1S/C11H18N2O2/c1-3-4-5-6-7-13-8-9(2)10(14)12-11(13)15/h8H,3-7H2,1-2H3,(H,12,14,15). The fraction of sp³-hybridized carbons (Fsp3) is 0.636. The second-order valence-electron chi connectivity index (χ2n) is 3.83. The molecule has 0 aromatic carbocycles. The number of H-pyrrole nitrogens is 1. The van der Waals surface area contributed by atoms with Crippen molar-refractivity contribution in [3.8, 4) is 0 Å². The molecule has 0 saturated carbocycles. The number of hydrogen-bond donors (Lipinski definition) is 1. The van der Waals surface area contributed by atoms with Crippen molar-refractivity contribution in [1.82, 2.24) is 9.55 Å². The smallest absolute Gasteiger partial charge is 0.300 e. The minimum Gasteiger partial charge on any atom is -0.300 e. The number of unbranched alkanes of at least 4 members (excludes halogenated alkanes) is 3. The fourth-order valence-electron chi connectivity index (χ4n) is 1.49. The first kappa shape index (κ1) is 11.8. The van der Waals surface area contributed by atoms with Gasteiger partial charge in [0.15, 0.2) is 0 Å². The summed E-state index contributed by atoms with van der Waals surface area (Å²) in [6, 6.07) is 0. The number of aryl methyl sites for hydroxylation is 2. The van der Waals surface area contributed by atoms with Crippen LogP contribution in [0.5, 0.6) is 0 Å². The third kappa shape index (κ3) is 3.38. The highest BCUT2D eigenvalue weighted by Crippen LogP contribution is 2.00. The number of aromatic amines is 1. The molecule has 1 aromatic heterocycles. The molecule has 1 rings (SSSR count). The quantitative estimate of drug-likeness (QED) is 0.747. The lowest BCUT2D eigenvalue weighted by molar-refractivity contribution is 0.558. The van der Waals surface area contributed by atoms with E-state index in [1.54, 1.807) is 17.7 Å². The Balaban J connectivity index is 2.66.